The second-order valence-corrected chi connectivity index (χ2v) is 6.82. The molecule has 7 nitrogen and oxygen atoms in total. The molecular formula is C23H26N2O5. The Labute approximate surface area is 176 Å². The number of rotatable bonds is 9. The predicted octanol–water partition coefficient (Wildman–Crippen LogP) is 3.29. The molecule has 1 aliphatic heterocycles. The van der Waals surface area contributed by atoms with Gasteiger partial charge < -0.3 is 19.5 Å². The van der Waals surface area contributed by atoms with Crippen molar-refractivity contribution in [3.63, 3.8) is 0 Å². The second kappa shape index (κ2) is 11.1. The zero-order valence-electron chi connectivity index (χ0n) is 17.0. The van der Waals surface area contributed by atoms with E-state index in [4.69, 9.17) is 14.2 Å². The van der Waals surface area contributed by atoms with Gasteiger partial charge in [-0.3, -0.25) is 9.79 Å². The predicted molar refractivity (Wildman–Crippen MR) is 114 cm³/mol. The van der Waals surface area contributed by atoms with Crippen molar-refractivity contribution in [1.82, 2.24) is 5.32 Å². The van der Waals surface area contributed by atoms with Crippen LogP contribution in [0.3, 0.4) is 0 Å². The molecule has 1 heterocycles. The molecule has 1 aliphatic rings. The molecule has 1 N–H and O–H groups in total. The van der Waals surface area contributed by atoms with E-state index in [1.807, 2.05) is 12.1 Å². The normalized spacial score (nSPS) is 15.8. The molecule has 158 valence electrons. The molecule has 0 radical (unpaired) electrons. The van der Waals surface area contributed by atoms with Crippen molar-refractivity contribution >= 4 is 23.8 Å². The number of aliphatic imine (C=N–C) groups is 1. The highest BCUT2D eigenvalue weighted by Crippen LogP contribution is 2.16. The molecule has 0 spiro atoms. The van der Waals surface area contributed by atoms with Gasteiger partial charge in [0.05, 0.1) is 24.0 Å². The fourth-order valence-corrected chi connectivity index (χ4v) is 2.93. The number of nitrogens with zero attached hydrogens (tertiary/aromatic N) is 1. The lowest BCUT2D eigenvalue weighted by molar-refractivity contribution is -0.123. The molecule has 3 rings (SSSR count). The Balaban J connectivity index is 1.44. The molecular weight excluding hydrogens is 384 g/mol. The van der Waals surface area contributed by atoms with Crippen molar-refractivity contribution in [2.75, 3.05) is 26.4 Å². The van der Waals surface area contributed by atoms with E-state index in [-0.39, 0.29) is 24.6 Å². The number of carbonyl (C=O) groups is 2. The molecule has 1 amide bonds. The molecule has 0 unspecified atom stereocenters. The van der Waals surface area contributed by atoms with E-state index in [2.05, 4.69) is 10.3 Å². The first-order valence-corrected chi connectivity index (χ1v) is 10.1. The maximum atomic E-state index is 11.9. The summed E-state index contributed by atoms with van der Waals surface area (Å²) in [5.41, 5.74) is 2.11. The standard InChI is InChI=1S/C23H26N2O5/c1-2-28-23(27)18-7-9-19(10-8-18)24-14-17-5-11-20(12-6-17)30-16-22(26)25-15-21-4-3-13-29-21/h5-12,14,21H,2-4,13,15-16H2,1H3,(H,25,26)/t21-/m0/s1. The summed E-state index contributed by atoms with van der Waals surface area (Å²) in [4.78, 5) is 27.9. The maximum Gasteiger partial charge on any atom is 0.338 e. The SMILES string of the molecule is CCOC(=O)c1ccc(N=Cc2ccc(OCC(=O)NC[C@@H]3CCCO3)cc2)cc1. The highest BCUT2D eigenvalue weighted by Gasteiger charge is 2.16. The average molecular weight is 410 g/mol. The number of hydrogen-bond donors (Lipinski definition) is 1. The van der Waals surface area contributed by atoms with Crippen molar-refractivity contribution in [2.24, 2.45) is 4.99 Å². The molecule has 7 heteroatoms. The fraction of sp³-hybridized carbons (Fsp3) is 0.348. The van der Waals surface area contributed by atoms with Crippen LogP contribution in [0.1, 0.15) is 35.7 Å². The van der Waals surface area contributed by atoms with Crippen LogP contribution in [0.25, 0.3) is 0 Å². The van der Waals surface area contributed by atoms with Crippen LogP contribution in [0.15, 0.2) is 53.5 Å². The zero-order valence-corrected chi connectivity index (χ0v) is 17.0. The van der Waals surface area contributed by atoms with E-state index < -0.39 is 0 Å². The molecule has 0 saturated carbocycles. The molecule has 1 fully saturated rings. The summed E-state index contributed by atoms with van der Waals surface area (Å²) in [6, 6.07) is 14.2. The quantitative estimate of drug-likeness (QED) is 0.506. The first kappa shape index (κ1) is 21.5. The van der Waals surface area contributed by atoms with Crippen molar-refractivity contribution < 1.29 is 23.8 Å². The lowest BCUT2D eigenvalue weighted by Gasteiger charge is -2.11. The van der Waals surface area contributed by atoms with Crippen molar-refractivity contribution in [1.29, 1.82) is 0 Å². The molecule has 0 aliphatic carbocycles. The lowest BCUT2D eigenvalue weighted by Crippen LogP contribution is -2.35. The Morgan fingerprint density at radius 3 is 2.60 bits per heavy atom. The number of nitrogens with one attached hydrogen (secondary N) is 1. The Morgan fingerprint density at radius 1 is 1.17 bits per heavy atom. The summed E-state index contributed by atoms with van der Waals surface area (Å²) in [7, 11) is 0. The number of hydrogen-bond acceptors (Lipinski definition) is 6. The topological polar surface area (TPSA) is 86.2 Å². The summed E-state index contributed by atoms with van der Waals surface area (Å²) in [5, 5.41) is 2.82. The second-order valence-electron chi connectivity index (χ2n) is 6.82. The number of amides is 1. The van der Waals surface area contributed by atoms with E-state index in [1.54, 1.807) is 49.5 Å². The van der Waals surface area contributed by atoms with Crippen LogP contribution in [-0.4, -0.2) is 50.6 Å². The third-order valence-electron chi connectivity index (χ3n) is 4.54. The molecule has 2 aromatic carbocycles. The van der Waals surface area contributed by atoms with Gasteiger partial charge in [0.1, 0.15) is 5.75 Å². The minimum absolute atomic E-state index is 0.0348. The average Bonchev–Trinajstić information content (AvgIpc) is 3.30. The lowest BCUT2D eigenvalue weighted by atomic mass is 10.2. The number of carbonyl (C=O) groups excluding carboxylic acids is 2. The Morgan fingerprint density at radius 2 is 1.93 bits per heavy atom. The van der Waals surface area contributed by atoms with Crippen molar-refractivity contribution in [3.8, 4) is 5.75 Å². The Kier molecular flexibility index (Phi) is 7.97. The minimum atomic E-state index is -0.343. The first-order chi connectivity index (χ1) is 14.6. The van der Waals surface area contributed by atoms with Gasteiger partial charge in [0.15, 0.2) is 6.61 Å². The van der Waals surface area contributed by atoms with Gasteiger partial charge in [-0.25, -0.2) is 4.79 Å². The van der Waals surface area contributed by atoms with Gasteiger partial charge in [-0.15, -0.1) is 0 Å². The van der Waals surface area contributed by atoms with Crippen LogP contribution in [0.2, 0.25) is 0 Å². The molecule has 1 atom stereocenters. The smallest absolute Gasteiger partial charge is 0.338 e. The van der Waals surface area contributed by atoms with Crippen molar-refractivity contribution in [3.05, 3.63) is 59.7 Å². The van der Waals surface area contributed by atoms with Gasteiger partial charge in [-0.05, 0) is 73.9 Å². The van der Waals surface area contributed by atoms with E-state index >= 15 is 0 Å². The van der Waals surface area contributed by atoms with Crippen LogP contribution in [0.4, 0.5) is 5.69 Å². The first-order valence-electron chi connectivity index (χ1n) is 10.1. The summed E-state index contributed by atoms with van der Waals surface area (Å²) >= 11 is 0. The molecule has 2 aromatic rings. The molecule has 30 heavy (non-hydrogen) atoms. The molecule has 0 aromatic heterocycles. The van der Waals surface area contributed by atoms with Crippen LogP contribution in [0, 0.1) is 0 Å². The van der Waals surface area contributed by atoms with Gasteiger partial charge in [0, 0.05) is 19.4 Å². The highest BCUT2D eigenvalue weighted by atomic mass is 16.5. The van der Waals surface area contributed by atoms with E-state index in [0.29, 0.717) is 24.5 Å². The van der Waals surface area contributed by atoms with Crippen molar-refractivity contribution in [2.45, 2.75) is 25.9 Å². The summed E-state index contributed by atoms with van der Waals surface area (Å²) in [6.45, 7) is 3.38. The van der Waals surface area contributed by atoms with Gasteiger partial charge in [0.2, 0.25) is 0 Å². The summed E-state index contributed by atoms with van der Waals surface area (Å²) in [5.74, 6) is 0.102. The summed E-state index contributed by atoms with van der Waals surface area (Å²) < 4.78 is 15.9. The van der Waals surface area contributed by atoms with Crippen LogP contribution >= 0.6 is 0 Å². The third-order valence-corrected chi connectivity index (χ3v) is 4.54. The van der Waals surface area contributed by atoms with Crippen LogP contribution < -0.4 is 10.1 Å². The summed E-state index contributed by atoms with van der Waals surface area (Å²) in [6.07, 6.45) is 3.87. The molecule has 1 saturated heterocycles. The third kappa shape index (κ3) is 6.70. The number of ether oxygens (including phenoxy) is 3. The van der Waals surface area contributed by atoms with E-state index in [1.165, 1.54) is 0 Å². The minimum Gasteiger partial charge on any atom is -0.484 e. The van der Waals surface area contributed by atoms with Gasteiger partial charge >= 0.3 is 5.97 Å². The Hall–Kier alpha value is -3.19. The molecule has 0 bridgehead atoms. The fourth-order valence-electron chi connectivity index (χ4n) is 2.93. The number of benzene rings is 2. The zero-order chi connectivity index (χ0) is 21.2. The Bertz CT molecular complexity index is 856. The van der Waals surface area contributed by atoms with Gasteiger partial charge in [-0.1, -0.05) is 0 Å². The monoisotopic (exact) mass is 410 g/mol. The largest absolute Gasteiger partial charge is 0.484 e. The van der Waals surface area contributed by atoms with Gasteiger partial charge in [0.25, 0.3) is 5.91 Å². The maximum absolute atomic E-state index is 11.9. The van der Waals surface area contributed by atoms with E-state index in [0.717, 1.165) is 30.7 Å². The van der Waals surface area contributed by atoms with Crippen LogP contribution in [0.5, 0.6) is 5.75 Å². The van der Waals surface area contributed by atoms with Gasteiger partial charge in [-0.2, -0.15) is 0 Å². The van der Waals surface area contributed by atoms with Crippen LogP contribution in [-0.2, 0) is 14.3 Å². The number of esters is 1. The van der Waals surface area contributed by atoms with E-state index in [9.17, 15) is 9.59 Å². The highest BCUT2D eigenvalue weighted by molar-refractivity contribution is 5.90.